The molecule has 0 saturated heterocycles. The number of benzene rings is 2. The minimum absolute atomic E-state index is 0.0838. The lowest BCUT2D eigenvalue weighted by molar-refractivity contribution is -0.115. The Labute approximate surface area is 123 Å². The SMILES string of the molecule is Cc1ccc(C)c(CC(=O)Nc2ccc(F)c(C#N)c2)c1. The van der Waals surface area contributed by atoms with Gasteiger partial charge in [-0.2, -0.15) is 5.26 Å². The van der Waals surface area contributed by atoms with E-state index in [9.17, 15) is 9.18 Å². The Morgan fingerprint density at radius 2 is 2.00 bits per heavy atom. The minimum atomic E-state index is -0.593. The first-order chi connectivity index (χ1) is 9.99. The topological polar surface area (TPSA) is 52.9 Å². The third-order valence-electron chi connectivity index (χ3n) is 3.23. The first-order valence-corrected chi connectivity index (χ1v) is 6.55. The van der Waals surface area contributed by atoms with E-state index in [0.29, 0.717) is 5.69 Å². The van der Waals surface area contributed by atoms with Crippen LogP contribution in [0.1, 0.15) is 22.3 Å². The molecular formula is C17H15FN2O. The van der Waals surface area contributed by atoms with E-state index in [-0.39, 0.29) is 17.9 Å². The van der Waals surface area contributed by atoms with E-state index in [1.54, 1.807) is 6.07 Å². The van der Waals surface area contributed by atoms with Crippen molar-refractivity contribution < 1.29 is 9.18 Å². The van der Waals surface area contributed by atoms with Crippen LogP contribution in [0.5, 0.6) is 0 Å². The van der Waals surface area contributed by atoms with E-state index < -0.39 is 5.82 Å². The fraction of sp³-hybridized carbons (Fsp3) is 0.176. The maximum atomic E-state index is 13.2. The van der Waals surface area contributed by atoms with Crippen LogP contribution in [-0.2, 0) is 11.2 Å². The molecule has 1 amide bonds. The number of nitrogens with zero attached hydrogens (tertiary/aromatic N) is 1. The second kappa shape index (κ2) is 6.19. The van der Waals surface area contributed by atoms with Crippen molar-refractivity contribution >= 4 is 11.6 Å². The van der Waals surface area contributed by atoms with Gasteiger partial charge in [-0.15, -0.1) is 0 Å². The highest BCUT2D eigenvalue weighted by Crippen LogP contribution is 2.16. The van der Waals surface area contributed by atoms with Crippen LogP contribution < -0.4 is 5.32 Å². The molecule has 3 nitrogen and oxygen atoms in total. The van der Waals surface area contributed by atoms with Gasteiger partial charge in [0.15, 0.2) is 0 Å². The molecule has 106 valence electrons. The van der Waals surface area contributed by atoms with Crippen molar-refractivity contribution in [1.82, 2.24) is 0 Å². The Kier molecular flexibility index (Phi) is 4.34. The van der Waals surface area contributed by atoms with Crippen molar-refractivity contribution in [1.29, 1.82) is 5.26 Å². The molecule has 0 saturated carbocycles. The van der Waals surface area contributed by atoms with Gasteiger partial charge in [-0.05, 0) is 43.2 Å². The van der Waals surface area contributed by atoms with Gasteiger partial charge in [0.05, 0.1) is 12.0 Å². The zero-order valence-corrected chi connectivity index (χ0v) is 11.9. The Bertz CT molecular complexity index is 732. The first kappa shape index (κ1) is 14.7. The number of rotatable bonds is 3. The fourth-order valence-corrected chi connectivity index (χ4v) is 2.06. The molecule has 21 heavy (non-hydrogen) atoms. The Morgan fingerprint density at radius 1 is 1.24 bits per heavy atom. The summed E-state index contributed by atoms with van der Waals surface area (Å²) < 4.78 is 13.2. The van der Waals surface area contributed by atoms with E-state index in [4.69, 9.17) is 5.26 Å². The Hall–Kier alpha value is -2.67. The van der Waals surface area contributed by atoms with Crippen LogP contribution in [0.25, 0.3) is 0 Å². The van der Waals surface area contributed by atoms with Crippen molar-refractivity contribution in [3.05, 3.63) is 64.5 Å². The first-order valence-electron chi connectivity index (χ1n) is 6.55. The predicted octanol–water partition coefficient (Wildman–Crippen LogP) is 3.50. The zero-order chi connectivity index (χ0) is 15.4. The average molecular weight is 282 g/mol. The van der Waals surface area contributed by atoms with Crippen molar-refractivity contribution in [2.24, 2.45) is 0 Å². The normalized spacial score (nSPS) is 10.0. The summed E-state index contributed by atoms with van der Waals surface area (Å²) in [5.74, 6) is -0.788. The Morgan fingerprint density at radius 3 is 2.71 bits per heavy atom. The number of carbonyl (C=O) groups is 1. The number of hydrogen-bond donors (Lipinski definition) is 1. The van der Waals surface area contributed by atoms with E-state index >= 15 is 0 Å². The summed E-state index contributed by atoms with van der Waals surface area (Å²) in [7, 11) is 0. The molecule has 0 spiro atoms. The molecule has 0 bridgehead atoms. The quantitative estimate of drug-likeness (QED) is 0.936. The molecule has 0 aliphatic heterocycles. The number of carbonyl (C=O) groups excluding carboxylic acids is 1. The molecule has 0 fully saturated rings. The second-order valence-corrected chi connectivity index (χ2v) is 4.96. The molecule has 0 atom stereocenters. The average Bonchev–Trinajstić information content (AvgIpc) is 2.45. The highest BCUT2D eigenvalue weighted by molar-refractivity contribution is 5.92. The van der Waals surface area contributed by atoms with Gasteiger partial charge in [-0.25, -0.2) is 4.39 Å². The molecule has 1 N–H and O–H groups in total. The molecule has 0 unspecified atom stereocenters. The predicted molar refractivity (Wildman–Crippen MR) is 79.4 cm³/mol. The van der Waals surface area contributed by atoms with Crippen molar-refractivity contribution in [3.8, 4) is 6.07 Å². The van der Waals surface area contributed by atoms with Crippen LogP contribution in [0.2, 0.25) is 0 Å². The molecule has 0 radical (unpaired) electrons. The molecule has 4 heteroatoms. The summed E-state index contributed by atoms with van der Waals surface area (Å²) in [4.78, 5) is 12.0. The maximum absolute atomic E-state index is 13.2. The van der Waals surface area contributed by atoms with E-state index in [0.717, 1.165) is 16.7 Å². The van der Waals surface area contributed by atoms with E-state index in [1.807, 2.05) is 32.0 Å². The highest BCUT2D eigenvalue weighted by atomic mass is 19.1. The minimum Gasteiger partial charge on any atom is -0.326 e. The van der Waals surface area contributed by atoms with Crippen molar-refractivity contribution in [3.63, 3.8) is 0 Å². The molecule has 2 aromatic carbocycles. The smallest absolute Gasteiger partial charge is 0.228 e. The summed E-state index contributed by atoms with van der Waals surface area (Å²) in [5, 5.41) is 11.5. The fourth-order valence-electron chi connectivity index (χ4n) is 2.06. The maximum Gasteiger partial charge on any atom is 0.228 e. The zero-order valence-electron chi connectivity index (χ0n) is 11.9. The van der Waals surface area contributed by atoms with Crippen LogP contribution >= 0.6 is 0 Å². The number of aryl methyl sites for hydroxylation is 2. The molecule has 0 aromatic heterocycles. The van der Waals surface area contributed by atoms with Crippen LogP contribution in [0.15, 0.2) is 36.4 Å². The standard InChI is InChI=1S/C17H15FN2O/c1-11-3-4-12(2)13(7-11)9-17(21)20-15-5-6-16(18)14(8-15)10-19/h3-8H,9H2,1-2H3,(H,20,21). The van der Waals surface area contributed by atoms with Crippen molar-refractivity contribution in [2.45, 2.75) is 20.3 Å². The van der Waals surface area contributed by atoms with Crippen LogP contribution in [0.4, 0.5) is 10.1 Å². The number of nitrogens with one attached hydrogen (secondary N) is 1. The highest BCUT2D eigenvalue weighted by Gasteiger charge is 2.09. The van der Waals surface area contributed by atoms with Crippen LogP contribution in [-0.4, -0.2) is 5.91 Å². The summed E-state index contributed by atoms with van der Waals surface area (Å²) in [6, 6.07) is 11.6. The van der Waals surface area contributed by atoms with Gasteiger partial charge in [-0.3, -0.25) is 4.79 Å². The monoisotopic (exact) mass is 282 g/mol. The van der Waals surface area contributed by atoms with Gasteiger partial charge >= 0.3 is 0 Å². The largest absolute Gasteiger partial charge is 0.326 e. The lowest BCUT2D eigenvalue weighted by Crippen LogP contribution is -2.15. The summed E-state index contributed by atoms with van der Waals surface area (Å²) in [5.41, 5.74) is 3.43. The van der Waals surface area contributed by atoms with E-state index in [1.165, 1.54) is 18.2 Å². The molecule has 0 aliphatic rings. The molecule has 0 heterocycles. The van der Waals surface area contributed by atoms with Gasteiger partial charge in [0, 0.05) is 5.69 Å². The van der Waals surface area contributed by atoms with Gasteiger partial charge in [-0.1, -0.05) is 23.8 Å². The van der Waals surface area contributed by atoms with Crippen LogP contribution in [0.3, 0.4) is 0 Å². The molecule has 0 aliphatic carbocycles. The molecule has 2 aromatic rings. The third kappa shape index (κ3) is 3.67. The van der Waals surface area contributed by atoms with Crippen LogP contribution in [0, 0.1) is 31.0 Å². The van der Waals surface area contributed by atoms with E-state index in [2.05, 4.69) is 5.32 Å². The number of nitriles is 1. The Balaban J connectivity index is 2.12. The second-order valence-electron chi connectivity index (χ2n) is 4.96. The number of halogens is 1. The van der Waals surface area contributed by atoms with Gasteiger partial charge in [0.25, 0.3) is 0 Å². The summed E-state index contributed by atoms with van der Waals surface area (Å²) in [6.07, 6.45) is 0.243. The van der Waals surface area contributed by atoms with Gasteiger partial charge in [0.1, 0.15) is 11.9 Å². The summed E-state index contributed by atoms with van der Waals surface area (Å²) >= 11 is 0. The van der Waals surface area contributed by atoms with Gasteiger partial charge < -0.3 is 5.32 Å². The third-order valence-corrected chi connectivity index (χ3v) is 3.23. The van der Waals surface area contributed by atoms with Gasteiger partial charge in [0.2, 0.25) is 5.91 Å². The number of amides is 1. The number of hydrogen-bond acceptors (Lipinski definition) is 2. The summed E-state index contributed by atoms with van der Waals surface area (Å²) in [6.45, 7) is 3.92. The molecular weight excluding hydrogens is 267 g/mol. The lowest BCUT2D eigenvalue weighted by Gasteiger charge is -2.09. The lowest BCUT2D eigenvalue weighted by atomic mass is 10.0. The van der Waals surface area contributed by atoms with Crippen molar-refractivity contribution in [2.75, 3.05) is 5.32 Å². The molecule has 2 rings (SSSR count). The number of anilines is 1.